The van der Waals surface area contributed by atoms with Crippen LogP contribution in [0.3, 0.4) is 0 Å². The van der Waals surface area contributed by atoms with Crippen LogP contribution in [0.1, 0.15) is 40.9 Å². The summed E-state index contributed by atoms with van der Waals surface area (Å²) in [5, 5.41) is 12.2. The number of nitrogens with two attached hydrogens (primary N) is 2. The predicted molar refractivity (Wildman–Crippen MR) is 158 cm³/mol. The Kier molecular flexibility index (Phi) is 12.0. The number of aromatic nitrogens is 2. The average Bonchev–Trinajstić information content (AvgIpc) is 2.95. The summed E-state index contributed by atoms with van der Waals surface area (Å²) in [6.07, 6.45) is 3.21. The molecule has 1 heterocycles. The van der Waals surface area contributed by atoms with Crippen LogP contribution in [-0.4, -0.2) is 66.8 Å². The number of nitrogens with zero attached hydrogens (tertiary/aromatic N) is 2. The highest BCUT2D eigenvalue weighted by molar-refractivity contribution is 6.31. The third kappa shape index (κ3) is 10.1. The lowest BCUT2D eigenvalue weighted by molar-refractivity contribution is -0.901. The number of carboxylic acids is 1. The van der Waals surface area contributed by atoms with E-state index in [0.717, 1.165) is 50.3 Å². The first-order valence-electron chi connectivity index (χ1n) is 13.4. The molecule has 12 heteroatoms. The standard InChI is InChI=1S/C29H37ClN6O5/c1-40-22-11-7-19(8-12-22)5-3-15-36(16-4-6-20-9-13-23(41-2)14-10-20)18-21(17-24(37)38)33-29(39)25-27(31)35-28(32)26(30)34-25/h7-14,21H,3-6,15-18H2,1-2H3,(H,33,39)(H,37,38)(H4,31,32,35)/p+1/t21-/m0/s1. The Balaban J connectivity index is 1.69. The van der Waals surface area contributed by atoms with Gasteiger partial charge in [-0.2, -0.15) is 0 Å². The first-order valence-corrected chi connectivity index (χ1v) is 13.8. The zero-order valence-electron chi connectivity index (χ0n) is 23.4. The van der Waals surface area contributed by atoms with Crippen LogP contribution in [0.25, 0.3) is 0 Å². The maximum atomic E-state index is 13.0. The van der Waals surface area contributed by atoms with Crippen LogP contribution in [0.4, 0.5) is 11.6 Å². The highest BCUT2D eigenvalue weighted by Gasteiger charge is 2.25. The van der Waals surface area contributed by atoms with Gasteiger partial charge in [0, 0.05) is 12.8 Å². The molecule has 0 saturated carbocycles. The molecule has 0 aliphatic carbocycles. The molecule has 1 atom stereocenters. The first kappa shape index (κ1) is 31.4. The fourth-order valence-electron chi connectivity index (χ4n) is 4.59. The van der Waals surface area contributed by atoms with E-state index in [1.165, 1.54) is 16.0 Å². The molecule has 0 spiro atoms. The smallest absolute Gasteiger partial charge is 0.305 e. The Morgan fingerprint density at radius 2 is 1.41 bits per heavy atom. The first-order chi connectivity index (χ1) is 19.7. The van der Waals surface area contributed by atoms with Crippen molar-refractivity contribution in [1.82, 2.24) is 15.3 Å². The van der Waals surface area contributed by atoms with Gasteiger partial charge in [0.15, 0.2) is 22.5 Å². The number of rotatable bonds is 16. The molecular formula is C29H38ClN6O5+. The van der Waals surface area contributed by atoms with E-state index in [2.05, 4.69) is 15.3 Å². The van der Waals surface area contributed by atoms with E-state index in [1.807, 2.05) is 48.5 Å². The summed E-state index contributed by atoms with van der Waals surface area (Å²) in [6, 6.07) is 15.2. The van der Waals surface area contributed by atoms with Crippen molar-refractivity contribution < 1.29 is 29.1 Å². The number of ether oxygens (including phenoxy) is 2. The second-order valence-corrected chi connectivity index (χ2v) is 10.1. The van der Waals surface area contributed by atoms with E-state index in [0.29, 0.717) is 6.54 Å². The third-order valence-electron chi connectivity index (χ3n) is 6.72. The molecule has 0 unspecified atom stereocenters. The van der Waals surface area contributed by atoms with Crippen LogP contribution < -0.4 is 31.2 Å². The van der Waals surface area contributed by atoms with E-state index >= 15 is 0 Å². The van der Waals surface area contributed by atoms with Gasteiger partial charge in [0.1, 0.15) is 11.5 Å². The molecule has 3 rings (SSSR count). The number of quaternary nitrogens is 1. The van der Waals surface area contributed by atoms with Crippen molar-refractivity contribution in [3.8, 4) is 11.5 Å². The van der Waals surface area contributed by atoms with Crippen molar-refractivity contribution in [3.63, 3.8) is 0 Å². The Morgan fingerprint density at radius 1 is 0.902 bits per heavy atom. The number of carbonyl (C=O) groups is 2. The van der Waals surface area contributed by atoms with Gasteiger partial charge in [0.25, 0.3) is 5.91 Å². The van der Waals surface area contributed by atoms with Crippen LogP contribution in [0.15, 0.2) is 48.5 Å². The molecular weight excluding hydrogens is 548 g/mol. The fourth-order valence-corrected chi connectivity index (χ4v) is 4.72. The number of aliphatic carboxylic acids is 1. The second-order valence-electron chi connectivity index (χ2n) is 9.76. The Morgan fingerprint density at radius 3 is 1.88 bits per heavy atom. The number of methoxy groups -OCH3 is 2. The molecule has 0 bridgehead atoms. The van der Waals surface area contributed by atoms with Gasteiger partial charge in [0.05, 0.1) is 46.3 Å². The number of benzene rings is 2. The molecule has 3 aromatic rings. The van der Waals surface area contributed by atoms with E-state index in [9.17, 15) is 14.7 Å². The monoisotopic (exact) mass is 585 g/mol. The maximum Gasteiger partial charge on any atom is 0.305 e. The van der Waals surface area contributed by atoms with Crippen LogP contribution in [-0.2, 0) is 17.6 Å². The summed E-state index contributed by atoms with van der Waals surface area (Å²) in [7, 11) is 3.27. The maximum absolute atomic E-state index is 13.0. The van der Waals surface area contributed by atoms with Gasteiger partial charge in [-0.05, 0) is 48.2 Å². The number of hydrogen-bond donors (Lipinski definition) is 5. The molecule has 41 heavy (non-hydrogen) atoms. The van der Waals surface area contributed by atoms with Crippen molar-refractivity contribution in [2.24, 2.45) is 0 Å². The molecule has 0 saturated heterocycles. The number of carboxylic acid groups (broad SMARTS) is 1. The zero-order chi connectivity index (χ0) is 29.8. The minimum Gasteiger partial charge on any atom is -0.497 e. The van der Waals surface area contributed by atoms with Gasteiger partial charge >= 0.3 is 5.97 Å². The van der Waals surface area contributed by atoms with Crippen LogP contribution in [0.5, 0.6) is 11.5 Å². The normalized spacial score (nSPS) is 11.7. The zero-order valence-corrected chi connectivity index (χ0v) is 24.1. The number of nitrogens with one attached hydrogen (secondary N) is 2. The molecule has 0 aliphatic heterocycles. The van der Waals surface area contributed by atoms with E-state index < -0.39 is 17.9 Å². The summed E-state index contributed by atoms with van der Waals surface area (Å²) in [6.45, 7) is 1.98. The van der Waals surface area contributed by atoms with Gasteiger partial charge in [-0.25, -0.2) is 9.97 Å². The van der Waals surface area contributed by atoms with Gasteiger partial charge in [-0.3, -0.25) is 9.59 Å². The second kappa shape index (κ2) is 15.6. The van der Waals surface area contributed by atoms with Gasteiger partial charge in [-0.1, -0.05) is 35.9 Å². The number of halogens is 1. The van der Waals surface area contributed by atoms with E-state index in [-0.39, 0.29) is 28.9 Å². The number of anilines is 2. The third-order valence-corrected chi connectivity index (χ3v) is 7.00. The summed E-state index contributed by atoms with van der Waals surface area (Å²) in [5.41, 5.74) is 13.6. The Hall–Kier alpha value is -4.09. The van der Waals surface area contributed by atoms with Crippen molar-refractivity contribution in [3.05, 3.63) is 70.5 Å². The molecule has 0 fully saturated rings. The largest absolute Gasteiger partial charge is 0.497 e. The quantitative estimate of drug-likeness (QED) is 0.169. The molecule has 1 amide bonds. The lowest BCUT2D eigenvalue weighted by atomic mass is 10.1. The van der Waals surface area contributed by atoms with Crippen LogP contribution >= 0.6 is 11.6 Å². The topological polar surface area (TPSA) is 167 Å². The number of amides is 1. The SMILES string of the molecule is COc1ccc(CCC[NH+](CCCc2ccc(OC)cc2)C[C@H](CC(=O)O)NC(=O)c2nc(Cl)c(N)nc2N)cc1. The van der Waals surface area contributed by atoms with Crippen molar-refractivity contribution >= 4 is 35.1 Å². The molecule has 1 aromatic heterocycles. The summed E-state index contributed by atoms with van der Waals surface area (Å²) >= 11 is 5.94. The van der Waals surface area contributed by atoms with Gasteiger partial charge < -0.3 is 36.3 Å². The highest BCUT2D eigenvalue weighted by atomic mass is 35.5. The lowest BCUT2D eigenvalue weighted by Crippen LogP contribution is -3.13. The van der Waals surface area contributed by atoms with Gasteiger partial charge in [0.2, 0.25) is 0 Å². The van der Waals surface area contributed by atoms with Crippen molar-refractivity contribution in [2.45, 2.75) is 38.1 Å². The number of hydrogen-bond acceptors (Lipinski definition) is 8. The highest BCUT2D eigenvalue weighted by Crippen LogP contribution is 2.17. The molecule has 220 valence electrons. The lowest BCUT2D eigenvalue weighted by Gasteiger charge is -2.25. The minimum atomic E-state index is -1.03. The molecule has 2 aromatic carbocycles. The van der Waals surface area contributed by atoms with Crippen molar-refractivity contribution in [2.75, 3.05) is 45.3 Å². The summed E-state index contributed by atoms with van der Waals surface area (Å²) < 4.78 is 10.5. The van der Waals surface area contributed by atoms with Crippen LogP contribution in [0.2, 0.25) is 5.15 Å². The molecule has 0 aliphatic rings. The molecule has 7 N–H and O–H groups in total. The van der Waals surface area contributed by atoms with Gasteiger partial charge in [-0.15, -0.1) is 0 Å². The predicted octanol–water partition coefficient (Wildman–Crippen LogP) is 2.04. The van der Waals surface area contributed by atoms with E-state index in [4.69, 9.17) is 32.5 Å². The van der Waals surface area contributed by atoms with Crippen molar-refractivity contribution in [1.29, 1.82) is 0 Å². The molecule has 0 radical (unpaired) electrons. The van der Waals surface area contributed by atoms with Crippen LogP contribution in [0, 0.1) is 0 Å². The Labute approximate surface area is 244 Å². The number of aryl methyl sites for hydroxylation is 2. The summed E-state index contributed by atoms with van der Waals surface area (Å²) in [4.78, 5) is 33.7. The number of carbonyl (C=O) groups excluding carboxylic acids is 1. The van der Waals surface area contributed by atoms with E-state index in [1.54, 1.807) is 14.2 Å². The number of nitrogen functional groups attached to an aromatic ring is 2. The average molecular weight is 586 g/mol. The summed E-state index contributed by atoms with van der Waals surface area (Å²) in [5.74, 6) is -0.340. The Bertz CT molecular complexity index is 1240. The fraction of sp³-hybridized carbons (Fsp3) is 0.379. The molecule has 11 nitrogen and oxygen atoms in total. The minimum absolute atomic E-state index is 0.0906.